The molecule has 0 aliphatic carbocycles. The number of aromatic hydroxyl groups is 1. The third kappa shape index (κ3) is 4.83. The second-order valence-electron chi connectivity index (χ2n) is 7.85. The molecule has 1 aromatic heterocycles. The number of rotatable bonds is 7. The van der Waals surface area contributed by atoms with Crippen molar-refractivity contribution >= 4 is 39.3 Å². The summed E-state index contributed by atoms with van der Waals surface area (Å²) >= 11 is 4.58. The van der Waals surface area contributed by atoms with Crippen molar-refractivity contribution in [1.82, 2.24) is 4.57 Å². The van der Waals surface area contributed by atoms with Gasteiger partial charge in [-0.25, -0.2) is 9.79 Å². The van der Waals surface area contributed by atoms with Crippen LogP contribution in [0.2, 0.25) is 0 Å². The van der Waals surface area contributed by atoms with Gasteiger partial charge in [-0.1, -0.05) is 33.3 Å². The van der Waals surface area contributed by atoms with Gasteiger partial charge in [0.05, 0.1) is 42.2 Å². The van der Waals surface area contributed by atoms with Crippen LogP contribution in [0.3, 0.4) is 0 Å². The minimum absolute atomic E-state index is 0.0421. The zero-order valence-electron chi connectivity index (χ0n) is 20.2. The molecule has 10 heteroatoms. The van der Waals surface area contributed by atoms with Crippen LogP contribution in [0.1, 0.15) is 37.9 Å². The molecule has 2 heterocycles. The van der Waals surface area contributed by atoms with E-state index in [2.05, 4.69) is 20.9 Å². The molecule has 4 rings (SSSR count). The number of aromatic nitrogens is 1. The van der Waals surface area contributed by atoms with Gasteiger partial charge in [-0.3, -0.25) is 9.36 Å². The molecule has 0 amide bonds. The molecule has 0 saturated heterocycles. The Balaban J connectivity index is 1.98. The van der Waals surface area contributed by atoms with Gasteiger partial charge < -0.3 is 19.3 Å². The molecule has 8 nitrogen and oxygen atoms in total. The van der Waals surface area contributed by atoms with Crippen LogP contribution in [-0.2, 0) is 9.53 Å². The van der Waals surface area contributed by atoms with Gasteiger partial charge in [-0.2, -0.15) is 0 Å². The normalized spacial score (nSPS) is 15.4. The van der Waals surface area contributed by atoms with Crippen LogP contribution in [0.5, 0.6) is 17.2 Å². The number of carbonyl (C=O) groups is 1. The van der Waals surface area contributed by atoms with Crippen molar-refractivity contribution in [3.63, 3.8) is 0 Å². The van der Waals surface area contributed by atoms with E-state index >= 15 is 0 Å². The quantitative estimate of drug-likeness (QED) is 0.434. The van der Waals surface area contributed by atoms with E-state index < -0.39 is 12.0 Å². The number of hydrogen-bond donors (Lipinski definition) is 1. The molecule has 0 saturated carbocycles. The highest BCUT2D eigenvalue weighted by Gasteiger charge is 2.34. The molecule has 0 fully saturated rings. The van der Waals surface area contributed by atoms with E-state index in [1.54, 1.807) is 63.4 Å². The van der Waals surface area contributed by atoms with Crippen LogP contribution < -0.4 is 24.4 Å². The summed E-state index contributed by atoms with van der Waals surface area (Å²) in [7, 11) is 1.55. The van der Waals surface area contributed by atoms with E-state index in [9.17, 15) is 14.7 Å². The highest BCUT2D eigenvalue weighted by Crippen LogP contribution is 2.36. The molecule has 0 radical (unpaired) electrons. The lowest BCUT2D eigenvalue weighted by molar-refractivity contribution is -0.139. The SMILES string of the molecule is CCOC(=O)C1=C(C)N=c2s/c(=C/c3cc(Br)ccc3O)c(=O)n2C1c1ccc(OC)c(OCC)c1. The fraction of sp³-hybridized carbons (Fsp3) is 0.269. The summed E-state index contributed by atoms with van der Waals surface area (Å²) in [6.07, 6.45) is 1.62. The van der Waals surface area contributed by atoms with E-state index in [4.69, 9.17) is 14.2 Å². The van der Waals surface area contributed by atoms with Crippen LogP contribution in [0.25, 0.3) is 6.08 Å². The summed E-state index contributed by atoms with van der Waals surface area (Å²) in [5.41, 5.74) is 1.52. The fourth-order valence-electron chi connectivity index (χ4n) is 4.02. The molecule has 1 unspecified atom stereocenters. The Bertz CT molecular complexity index is 1540. The molecule has 1 aliphatic rings. The Morgan fingerprint density at radius 1 is 1.19 bits per heavy atom. The van der Waals surface area contributed by atoms with Gasteiger partial charge >= 0.3 is 5.97 Å². The second kappa shape index (κ2) is 10.7. The maximum absolute atomic E-state index is 13.7. The molecule has 1 atom stereocenters. The summed E-state index contributed by atoms with van der Waals surface area (Å²) in [4.78, 5) is 31.8. The van der Waals surface area contributed by atoms with Gasteiger partial charge in [0.2, 0.25) is 0 Å². The number of phenolic OH excluding ortho intramolecular Hbond substituents is 1. The third-order valence-corrected chi connectivity index (χ3v) is 7.07. The van der Waals surface area contributed by atoms with Gasteiger partial charge in [0.15, 0.2) is 16.3 Å². The van der Waals surface area contributed by atoms with Crippen molar-refractivity contribution in [3.05, 3.63) is 83.0 Å². The van der Waals surface area contributed by atoms with Crippen molar-refractivity contribution < 1.29 is 24.1 Å². The average Bonchev–Trinajstić information content (AvgIpc) is 3.15. The Hall–Kier alpha value is -3.37. The number of carbonyl (C=O) groups excluding carboxylic acids is 1. The minimum atomic E-state index is -0.788. The molecule has 1 aliphatic heterocycles. The van der Waals surface area contributed by atoms with E-state index in [1.807, 2.05) is 6.92 Å². The Kier molecular flexibility index (Phi) is 7.65. The zero-order chi connectivity index (χ0) is 26.0. The number of halogens is 1. The first-order valence-electron chi connectivity index (χ1n) is 11.3. The minimum Gasteiger partial charge on any atom is -0.507 e. The molecule has 36 heavy (non-hydrogen) atoms. The maximum Gasteiger partial charge on any atom is 0.338 e. The number of phenols is 1. The first-order chi connectivity index (χ1) is 17.3. The molecular weight excluding hydrogens is 548 g/mol. The highest BCUT2D eigenvalue weighted by atomic mass is 79.9. The lowest BCUT2D eigenvalue weighted by Crippen LogP contribution is -2.40. The number of benzene rings is 2. The molecule has 3 aromatic rings. The van der Waals surface area contributed by atoms with Crippen molar-refractivity contribution in [2.24, 2.45) is 4.99 Å². The lowest BCUT2D eigenvalue weighted by atomic mass is 9.95. The van der Waals surface area contributed by atoms with E-state index in [1.165, 1.54) is 15.9 Å². The monoisotopic (exact) mass is 572 g/mol. The number of ether oxygens (including phenoxy) is 3. The van der Waals surface area contributed by atoms with Gasteiger partial charge in [-0.15, -0.1) is 0 Å². The first-order valence-corrected chi connectivity index (χ1v) is 12.9. The fourth-order valence-corrected chi connectivity index (χ4v) is 5.44. The van der Waals surface area contributed by atoms with Gasteiger partial charge in [-0.05, 0) is 62.7 Å². The molecular formula is C26H25BrN2O6S. The summed E-state index contributed by atoms with van der Waals surface area (Å²) in [5, 5.41) is 10.3. The average molecular weight is 573 g/mol. The maximum atomic E-state index is 13.7. The second-order valence-corrected chi connectivity index (χ2v) is 9.77. The predicted octanol–water partition coefficient (Wildman–Crippen LogP) is 3.67. The molecule has 1 N–H and O–H groups in total. The number of fused-ring (bicyclic) bond motifs is 1. The standard InChI is InChI=1S/C26H25BrN2O6S/c1-5-34-20-12-15(7-10-19(20)33-4)23-22(25(32)35-6-2)14(3)28-26-29(23)24(31)21(36-26)13-16-11-17(27)8-9-18(16)30/h7-13,23,30H,5-6H2,1-4H3/b21-13+. The lowest BCUT2D eigenvalue weighted by Gasteiger charge is -2.25. The summed E-state index contributed by atoms with van der Waals surface area (Å²) in [5.74, 6) is 0.532. The molecule has 188 valence electrons. The highest BCUT2D eigenvalue weighted by molar-refractivity contribution is 9.10. The number of esters is 1. The topological polar surface area (TPSA) is 99.4 Å². The van der Waals surface area contributed by atoms with Gasteiger partial charge in [0.25, 0.3) is 5.56 Å². The zero-order valence-corrected chi connectivity index (χ0v) is 22.6. The van der Waals surface area contributed by atoms with Gasteiger partial charge in [0.1, 0.15) is 5.75 Å². The first kappa shape index (κ1) is 25.7. The van der Waals surface area contributed by atoms with Crippen LogP contribution in [0.15, 0.2) is 61.9 Å². The summed E-state index contributed by atoms with van der Waals surface area (Å²) < 4.78 is 19.1. The Labute approximate surface area is 219 Å². The number of thiazole rings is 1. The van der Waals surface area contributed by atoms with E-state index in [0.29, 0.717) is 44.3 Å². The number of methoxy groups -OCH3 is 1. The smallest absolute Gasteiger partial charge is 0.338 e. The van der Waals surface area contributed by atoms with Crippen molar-refractivity contribution in [3.8, 4) is 17.2 Å². The molecule has 0 bridgehead atoms. The van der Waals surface area contributed by atoms with Crippen LogP contribution in [0.4, 0.5) is 0 Å². The van der Waals surface area contributed by atoms with Crippen LogP contribution in [-0.4, -0.2) is 36.0 Å². The van der Waals surface area contributed by atoms with Gasteiger partial charge in [0, 0.05) is 10.0 Å². The van der Waals surface area contributed by atoms with Crippen molar-refractivity contribution in [1.29, 1.82) is 0 Å². The van der Waals surface area contributed by atoms with Crippen molar-refractivity contribution in [2.45, 2.75) is 26.8 Å². The largest absolute Gasteiger partial charge is 0.507 e. The van der Waals surface area contributed by atoms with Crippen LogP contribution >= 0.6 is 27.3 Å². The summed E-state index contributed by atoms with van der Waals surface area (Å²) in [6, 6.07) is 9.49. The Morgan fingerprint density at radius 3 is 2.67 bits per heavy atom. The molecule has 0 spiro atoms. The van der Waals surface area contributed by atoms with E-state index in [0.717, 1.165) is 4.47 Å². The number of nitrogens with zero attached hydrogens (tertiary/aromatic N) is 2. The predicted molar refractivity (Wildman–Crippen MR) is 140 cm³/mol. The molecule has 2 aromatic carbocycles. The third-order valence-electron chi connectivity index (χ3n) is 5.60. The van der Waals surface area contributed by atoms with Crippen molar-refractivity contribution in [2.75, 3.05) is 20.3 Å². The van der Waals surface area contributed by atoms with Crippen LogP contribution in [0, 0.1) is 0 Å². The summed E-state index contributed by atoms with van der Waals surface area (Å²) in [6.45, 7) is 5.91. The Morgan fingerprint density at radius 2 is 1.97 bits per heavy atom. The number of allylic oxidation sites excluding steroid dienone is 1. The van der Waals surface area contributed by atoms with E-state index in [-0.39, 0.29) is 23.5 Å². The number of hydrogen-bond acceptors (Lipinski definition) is 8.